The van der Waals surface area contributed by atoms with Gasteiger partial charge in [0.15, 0.2) is 6.10 Å². The maximum Gasteiger partial charge on any atom is 0.324 e. The summed E-state index contributed by atoms with van der Waals surface area (Å²) in [6.07, 6.45) is -1.28. The van der Waals surface area contributed by atoms with Gasteiger partial charge in [0.1, 0.15) is 0 Å². The number of carboxylic acid groups (broad SMARTS) is 1. The lowest BCUT2D eigenvalue weighted by Crippen LogP contribution is -2.50. The predicted molar refractivity (Wildman–Crippen MR) is 57.3 cm³/mol. The summed E-state index contributed by atoms with van der Waals surface area (Å²) >= 11 is 0. The number of amides is 3. The molecule has 0 aromatic rings. The SMILES string of the molecule is N#CC1CN(C(=O)NC(=O)CCC(=O)O)CCO1. The molecule has 1 fully saturated rings. The third kappa shape index (κ3) is 4.39. The molecule has 18 heavy (non-hydrogen) atoms. The minimum atomic E-state index is -1.10. The van der Waals surface area contributed by atoms with E-state index in [1.165, 1.54) is 4.90 Å². The molecule has 1 aliphatic rings. The maximum absolute atomic E-state index is 11.6. The molecule has 3 amide bonds. The Morgan fingerprint density at radius 3 is 2.78 bits per heavy atom. The molecule has 1 heterocycles. The van der Waals surface area contributed by atoms with Crippen LogP contribution in [0.25, 0.3) is 0 Å². The number of rotatable bonds is 3. The molecule has 1 atom stereocenters. The van der Waals surface area contributed by atoms with Gasteiger partial charge in [-0.3, -0.25) is 14.9 Å². The summed E-state index contributed by atoms with van der Waals surface area (Å²) in [4.78, 5) is 34.4. The number of hydrogen-bond donors (Lipinski definition) is 2. The van der Waals surface area contributed by atoms with Crippen molar-refractivity contribution in [2.24, 2.45) is 0 Å². The van der Waals surface area contributed by atoms with Crippen LogP contribution in [0.1, 0.15) is 12.8 Å². The molecular weight excluding hydrogens is 242 g/mol. The Kier molecular flexibility index (Phi) is 5.07. The Bertz CT molecular complexity index is 389. The van der Waals surface area contributed by atoms with Crippen molar-refractivity contribution >= 4 is 17.9 Å². The van der Waals surface area contributed by atoms with E-state index in [-0.39, 0.29) is 32.5 Å². The molecule has 0 aliphatic carbocycles. The molecule has 1 saturated heterocycles. The quantitative estimate of drug-likeness (QED) is 0.688. The van der Waals surface area contributed by atoms with Crippen LogP contribution < -0.4 is 5.32 Å². The van der Waals surface area contributed by atoms with Crippen molar-refractivity contribution in [1.82, 2.24) is 10.2 Å². The fourth-order valence-electron chi connectivity index (χ4n) is 1.39. The number of hydrogen-bond acceptors (Lipinski definition) is 5. The standard InChI is InChI=1S/C10H13N3O5/c11-5-7-6-13(3-4-18-7)10(17)12-8(14)1-2-9(15)16/h7H,1-4,6H2,(H,15,16)(H,12,14,17). The zero-order valence-electron chi connectivity index (χ0n) is 9.59. The fourth-order valence-corrected chi connectivity index (χ4v) is 1.39. The third-order valence-electron chi connectivity index (χ3n) is 2.31. The highest BCUT2D eigenvalue weighted by molar-refractivity contribution is 5.95. The predicted octanol–water partition coefficient (Wildman–Crippen LogP) is -0.688. The molecule has 1 unspecified atom stereocenters. The van der Waals surface area contributed by atoms with Crippen LogP contribution in [0.15, 0.2) is 0 Å². The highest BCUT2D eigenvalue weighted by Gasteiger charge is 2.24. The summed E-state index contributed by atoms with van der Waals surface area (Å²) in [6.45, 7) is 0.611. The summed E-state index contributed by atoms with van der Waals surface area (Å²) in [5.74, 6) is -1.75. The van der Waals surface area contributed by atoms with E-state index in [2.05, 4.69) is 5.32 Å². The van der Waals surface area contributed by atoms with Gasteiger partial charge in [0.2, 0.25) is 5.91 Å². The average molecular weight is 255 g/mol. The van der Waals surface area contributed by atoms with Gasteiger partial charge in [-0.2, -0.15) is 5.26 Å². The molecule has 0 spiro atoms. The van der Waals surface area contributed by atoms with Crippen LogP contribution >= 0.6 is 0 Å². The number of morpholine rings is 1. The largest absolute Gasteiger partial charge is 0.481 e. The minimum Gasteiger partial charge on any atom is -0.481 e. The van der Waals surface area contributed by atoms with E-state index in [4.69, 9.17) is 15.1 Å². The number of nitriles is 1. The Hall–Kier alpha value is -2.14. The number of carboxylic acids is 1. The molecule has 1 aliphatic heterocycles. The van der Waals surface area contributed by atoms with Crippen LogP contribution in [0.4, 0.5) is 4.79 Å². The van der Waals surface area contributed by atoms with E-state index >= 15 is 0 Å². The van der Waals surface area contributed by atoms with Crippen LogP contribution in [0.5, 0.6) is 0 Å². The van der Waals surface area contributed by atoms with E-state index in [0.717, 1.165) is 0 Å². The Morgan fingerprint density at radius 2 is 2.17 bits per heavy atom. The molecule has 0 aromatic heterocycles. The van der Waals surface area contributed by atoms with Gasteiger partial charge < -0.3 is 14.7 Å². The monoisotopic (exact) mass is 255 g/mol. The van der Waals surface area contributed by atoms with Crippen LogP contribution in [0.3, 0.4) is 0 Å². The van der Waals surface area contributed by atoms with E-state index in [9.17, 15) is 14.4 Å². The van der Waals surface area contributed by atoms with Gasteiger partial charge in [-0.15, -0.1) is 0 Å². The summed E-state index contributed by atoms with van der Waals surface area (Å²) in [6, 6.07) is 1.25. The van der Waals surface area contributed by atoms with Gasteiger partial charge >= 0.3 is 12.0 Å². The lowest BCUT2D eigenvalue weighted by Gasteiger charge is -2.29. The number of ether oxygens (including phenoxy) is 1. The summed E-state index contributed by atoms with van der Waals surface area (Å²) in [5, 5.41) is 19.1. The van der Waals surface area contributed by atoms with Crippen molar-refractivity contribution in [2.45, 2.75) is 18.9 Å². The van der Waals surface area contributed by atoms with Crippen molar-refractivity contribution in [3.63, 3.8) is 0 Å². The fraction of sp³-hybridized carbons (Fsp3) is 0.600. The Balaban J connectivity index is 2.38. The number of urea groups is 1. The van der Waals surface area contributed by atoms with Crippen molar-refractivity contribution in [1.29, 1.82) is 5.26 Å². The molecule has 8 heteroatoms. The van der Waals surface area contributed by atoms with Gasteiger partial charge in [0.25, 0.3) is 0 Å². The topological polar surface area (TPSA) is 120 Å². The number of aliphatic carboxylic acids is 1. The van der Waals surface area contributed by atoms with Crippen molar-refractivity contribution in [3.8, 4) is 6.07 Å². The van der Waals surface area contributed by atoms with Crippen molar-refractivity contribution in [3.05, 3.63) is 0 Å². The number of nitrogens with zero attached hydrogens (tertiary/aromatic N) is 2. The number of nitrogens with one attached hydrogen (secondary N) is 1. The van der Waals surface area contributed by atoms with Crippen molar-refractivity contribution in [2.75, 3.05) is 19.7 Å². The lowest BCUT2D eigenvalue weighted by atomic mass is 10.3. The molecule has 0 radical (unpaired) electrons. The van der Waals surface area contributed by atoms with Gasteiger partial charge in [-0.25, -0.2) is 4.79 Å². The third-order valence-corrected chi connectivity index (χ3v) is 2.31. The zero-order valence-corrected chi connectivity index (χ0v) is 9.59. The molecule has 98 valence electrons. The van der Waals surface area contributed by atoms with Crippen LogP contribution in [-0.2, 0) is 14.3 Å². The highest BCUT2D eigenvalue weighted by atomic mass is 16.5. The van der Waals surface area contributed by atoms with Gasteiger partial charge in [-0.1, -0.05) is 0 Å². The first-order chi connectivity index (χ1) is 8.52. The van der Waals surface area contributed by atoms with Gasteiger partial charge in [0.05, 0.1) is 25.6 Å². The normalized spacial score (nSPS) is 18.8. The minimum absolute atomic E-state index is 0.0918. The van der Waals surface area contributed by atoms with Crippen LogP contribution in [0, 0.1) is 11.3 Å². The number of carbonyl (C=O) groups is 3. The molecule has 0 bridgehead atoms. The molecule has 0 aromatic carbocycles. The second-order valence-electron chi connectivity index (χ2n) is 3.68. The second-order valence-corrected chi connectivity index (χ2v) is 3.68. The highest BCUT2D eigenvalue weighted by Crippen LogP contribution is 2.04. The first kappa shape index (κ1) is 13.9. The van der Waals surface area contributed by atoms with Gasteiger partial charge in [0, 0.05) is 13.0 Å². The van der Waals surface area contributed by atoms with E-state index in [1.54, 1.807) is 0 Å². The molecular formula is C10H13N3O5. The Labute approximate surface area is 103 Å². The maximum atomic E-state index is 11.6. The first-order valence-corrected chi connectivity index (χ1v) is 5.34. The lowest BCUT2D eigenvalue weighted by molar-refractivity contribution is -0.138. The molecule has 0 saturated carbocycles. The average Bonchev–Trinajstić information content (AvgIpc) is 2.36. The smallest absolute Gasteiger partial charge is 0.324 e. The number of imide groups is 1. The summed E-state index contributed by atoms with van der Waals surface area (Å²) in [7, 11) is 0. The zero-order chi connectivity index (χ0) is 13.5. The van der Waals surface area contributed by atoms with E-state index in [0.29, 0.717) is 0 Å². The second kappa shape index (κ2) is 6.56. The first-order valence-electron chi connectivity index (χ1n) is 5.34. The van der Waals surface area contributed by atoms with Crippen LogP contribution in [-0.4, -0.2) is 53.7 Å². The summed E-state index contributed by atoms with van der Waals surface area (Å²) < 4.78 is 5.05. The van der Waals surface area contributed by atoms with Crippen molar-refractivity contribution < 1.29 is 24.2 Å². The van der Waals surface area contributed by atoms with Crippen LogP contribution in [0.2, 0.25) is 0 Å². The Morgan fingerprint density at radius 1 is 1.44 bits per heavy atom. The van der Waals surface area contributed by atoms with Gasteiger partial charge in [-0.05, 0) is 0 Å². The number of carbonyl (C=O) groups excluding carboxylic acids is 2. The molecule has 1 rings (SSSR count). The summed E-state index contributed by atoms with van der Waals surface area (Å²) in [5.41, 5.74) is 0. The molecule has 2 N–H and O–H groups in total. The van der Waals surface area contributed by atoms with E-state index in [1.807, 2.05) is 6.07 Å². The molecule has 8 nitrogen and oxygen atoms in total. The van der Waals surface area contributed by atoms with E-state index < -0.39 is 24.0 Å².